The average Bonchev–Trinajstić information content (AvgIpc) is 2.25. The number of nitrogens with two attached hydrogens (primary N) is 1. The van der Waals surface area contributed by atoms with Crippen LogP contribution in [0.15, 0.2) is 0 Å². The molecule has 0 aliphatic carbocycles. The first-order valence-corrected chi connectivity index (χ1v) is 7.11. The molecule has 0 aromatic rings. The standard InChI is InChI=1S/C12H24N2O3S/c1-5-6-8(2)14-9(15)7-18-12(3,4)10(13)11(16)17/h8,10H,5-7,13H2,1-4H3,(H,14,15)(H,16,17)/t8?,10-/m1/s1. The van der Waals surface area contributed by atoms with Crippen LogP contribution in [0.1, 0.15) is 40.5 Å². The third-order valence-corrected chi connectivity index (χ3v) is 4.12. The maximum Gasteiger partial charge on any atom is 0.321 e. The summed E-state index contributed by atoms with van der Waals surface area (Å²) < 4.78 is -0.669. The Labute approximate surface area is 113 Å². The van der Waals surface area contributed by atoms with Gasteiger partial charge in [-0.3, -0.25) is 9.59 Å². The van der Waals surface area contributed by atoms with Crippen molar-refractivity contribution in [1.82, 2.24) is 5.32 Å². The summed E-state index contributed by atoms with van der Waals surface area (Å²) in [6.45, 7) is 7.49. The Bertz CT molecular complexity index is 295. The first-order valence-electron chi connectivity index (χ1n) is 6.12. The van der Waals surface area contributed by atoms with Gasteiger partial charge in [0.05, 0.1) is 5.75 Å². The molecule has 0 bridgehead atoms. The van der Waals surface area contributed by atoms with E-state index in [9.17, 15) is 9.59 Å². The number of hydrogen-bond donors (Lipinski definition) is 3. The van der Waals surface area contributed by atoms with E-state index in [0.29, 0.717) is 0 Å². The second kappa shape index (κ2) is 7.63. The summed E-state index contributed by atoms with van der Waals surface area (Å²) in [4.78, 5) is 22.5. The smallest absolute Gasteiger partial charge is 0.321 e. The number of nitrogens with one attached hydrogen (secondary N) is 1. The fourth-order valence-corrected chi connectivity index (χ4v) is 2.33. The third kappa shape index (κ3) is 6.26. The van der Waals surface area contributed by atoms with E-state index in [2.05, 4.69) is 12.2 Å². The molecular formula is C12H24N2O3S. The van der Waals surface area contributed by atoms with Crippen molar-refractivity contribution in [3.63, 3.8) is 0 Å². The molecule has 0 saturated heterocycles. The summed E-state index contributed by atoms with van der Waals surface area (Å²) in [6.07, 6.45) is 1.96. The van der Waals surface area contributed by atoms with Gasteiger partial charge in [0.2, 0.25) is 5.91 Å². The number of amides is 1. The predicted molar refractivity (Wildman–Crippen MR) is 74.7 cm³/mol. The zero-order chi connectivity index (χ0) is 14.3. The van der Waals surface area contributed by atoms with Crippen LogP contribution >= 0.6 is 11.8 Å². The largest absolute Gasteiger partial charge is 0.480 e. The lowest BCUT2D eigenvalue weighted by Gasteiger charge is -2.27. The van der Waals surface area contributed by atoms with Gasteiger partial charge in [0.1, 0.15) is 6.04 Å². The van der Waals surface area contributed by atoms with Crippen LogP contribution in [-0.4, -0.2) is 39.6 Å². The van der Waals surface area contributed by atoms with Crippen LogP contribution in [0.3, 0.4) is 0 Å². The molecule has 1 unspecified atom stereocenters. The van der Waals surface area contributed by atoms with Gasteiger partial charge in [0, 0.05) is 10.8 Å². The van der Waals surface area contributed by atoms with Gasteiger partial charge in [-0.1, -0.05) is 13.3 Å². The molecule has 0 aromatic heterocycles. The van der Waals surface area contributed by atoms with E-state index in [4.69, 9.17) is 10.8 Å². The highest BCUT2D eigenvalue weighted by molar-refractivity contribution is 8.01. The summed E-state index contributed by atoms with van der Waals surface area (Å²) in [6, 6.07) is -0.831. The quantitative estimate of drug-likeness (QED) is 0.620. The van der Waals surface area contributed by atoms with Gasteiger partial charge in [-0.25, -0.2) is 0 Å². The molecule has 0 aromatic carbocycles. The maximum atomic E-state index is 11.6. The van der Waals surface area contributed by atoms with Gasteiger partial charge in [-0.15, -0.1) is 11.8 Å². The van der Waals surface area contributed by atoms with Crippen LogP contribution in [0.2, 0.25) is 0 Å². The highest BCUT2D eigenvalue weighted by atomic mass is 32.2. The monoisotopic (exact) mass is 276 g/mol. The fraction of sp³-hybridized carbons (Fsp3) is 0.833. The van der Waals surface area contributed by atoms with Gasteiger partial charge >= 0.3 is 5.97 Å². The highest BCUT2D eigenvalue weighted by Crippen LogP contribution is 2.27. The Kier molecular flexibility index (Phi) is 7.32. The Hall–Kier alpha value is -0.750. The molecule has 5 nitrogen and oxygen atoms in total. The summed E-state index contributed by atoms with van der Waals surface area (Å²) in [5, 5.41) is 11.7. The number of thioether (sulfide) groups is 1. The number of aliphatic carboxylic acids is 1. The van der Waals surface area contributed by atoms with E-state index >= 15 is 0 Å². The molecule has 0 spiro atoms. The molecule has 0 heterocycles. The molecule has 0 rings (SSSR count). The van der Waals surface area contributed by atoms with Gasteiger partial charge in [-0.05, 0) is 27.2 Å². The van der Waals surface area contributed by atoms with Crippen LogP contribution < -0.4 is 11.1 Å². The van der Waals surface area contributed by atoms with Crippen LogP contribution in [0.25, 0.3) is 0 Å². The summed E-state index contributed by atoms with van der Waals surface area (Å²) in [5.74, 6) is -0.902. The normalized spacial score (nSPS) is 14.9. The van der Waals surface area contributed by atoms with Gasteiger partial charge in [-0.2, -0.15) is 0 Å². The van der Waals surface area contributed by atoms with Crippen molar-refractivity contribution in [2.75, 3.05) is 5.75 Å². The molecule has 0 aliphatic rings. The highest BCUT2D eigenvalue weighted by Gasteiger charge is 2.33. The van der Waals surface area contributed by atoms with Gasteiger partial charge < -0.3 is 16.2 Å². The summed E-state index contributed by atoms with van der Waals surface area (Å²) >= 11 is 1.27. The number of carbonyl (C=O) groups excluding carboxylic acids is 1. The summed E-state index contributed by atoms with van der Waals surface area (Å²) in [5.41, 5.74) is 5.58. The van der Waals surface area contributed by atoms with Gasteiger partial charge in [0.15, 0.2) is 0 Å². The van der Waals surface area contributed by atoms with Crippen molar-refractivity contribution in [2.45, 2.75) is 57.4 Å². The van der Waals surface area contributed by atoms with Crippen molar-refractivity contribution < 1.29 is 14.7 Å². The summed E-state index contributed by atoms with van der Waals surface area (Å²) in [7, 11) is 0. The molecule has 106 valence electrons. The minimum atomic E-state index is -1.05. The van der Waals surface area contributed by atoms with E-state index in [1.807, 2.05) is 6.92 Å². The number of hydrogen-bond acceptors (Lipinski definition) is 4. The average molecular weight is 276 g/mol. The minimum Gasteiger partial charge on any atom is -0.480 e. The Balaban J connectivity index is 4.15. The van der Waals surface area contributed by atoms with Crippen LogP contribution in [0.5, 0.6) is 0 Å². The molecule has 0 radical (unpaired) electrons. The molecule has 0 saturated carbocycles. The van der Waals surface area contributed by atoms with Crippen LogP contribution in [0, 0.1) is 0 Å². The van der Waals surface area contributed by atoms with E-state index in [1.54, 1.807) is 13.8 Å². The van der Waals surface area contributed by atoms with E-state index in [1.165, 1.54) is 11.8 Å². The van der Waals surface area contributed by atoms with Crippen molar-refractivity contribution >= 4 is 23.6 Å². The van der Waals surface area contributed by atoms with E-state index in [-0.39, 0.29) is 17.7 Å². The van der Waals surface area contributed by atoms with Crippen LogP contribution in [-0.2, 0) is 9.59 Å². The number of carbonyl (C=O) groups is 2. The lowest BCUT2D eigenvalue weighted by atomic mass is 10.1. The number of rotatable bonds is 8. The van der Waals surface area contributed by atoms with Crippen molar-refractivity contribution in [1.29, 1.82) is 0 Å². The zero-order valence-corrected chi connectivity index (χ0v) is 12.3. The molecule has 6 heteroatoms. The number of carboxylic acids is 1. The van der Waals surface area contributed by atoms with Crippen molar-refractivity contribution in [2.24, 2.45) is 5.73 Å². The predicted octanol–water partition coefficient (Wildman–Crippen LogP) is 1.21. The first-order chi connectivity index (χ1) is 8.20. The van der Waals surface area contributed by atoms with Crippen molar-refractivity contribution in [3.8, 4) is 0 Å². The second-order valence-electron chi connectivity index (χ2n) is 4.97. The maximum absolute atomic E-state index is 11.6. The van der Waals surface area contributed by atoms with E-state index in [0.717, 1.165) is 12.8 Å². The molecule has 2 atom stereocenters. The topological polar surface area (TPSA) is 92.4 Å². The molecule has 0 fully saturated rings. The Morgan fingerprint density at radius 2 is 2.00 bits per heavy atom. The SMILES string of the molecule is CCCC(C)NC(=O)CSC(C)(C)[C@H](N)C(=O)O. The molecule has 18 heavy (non-hydrogen) atoms. The van der Waals surface area contributed by atoms with Crippen LogP contribution in [0.4, 0.5) is 0 Å². The van der Waals surface area contributed by atoms with E-state index < -0.39 is 16.8 Å². The van der Waals surface area contributed by atoms with Gasteiger partial charge in [0.25, 0.3) is 0 Å². The lowest BCUT2D eigenvalue weighted by molar-refractivity contribution is -0.139. The minimum absolute atomic E-state index is 0.0772. The fourth-order valence-electron chi connectivity index (χ4n) is 1.46. The lowest BCUT2D eigenvalue weighted by Crippen LogP contribution is -2.47. The molecular weight excluding hydrogens is 252 g/mol. The Morgan fingerprint density at radius 1 is 1.44 bits per heavy atom. The second-order valence-corrected chi connectivity index (χ2v) is 6.59. The molecule has 0 aliphatic heterocycles. The van der Waals surface area contributed by atoms with Crippen molar-refractivity contribution in [3.05, 3.63) is 0 Å². The zero-order valence-electron chi connectivity index (χ0n) is 11.5. The molecule has 4 N–H and O–H groups in total. The first kappa shape index (κ1) is 17.2. The molecule has 1 amide bonds. The Morgan fingerprint density at radius 3 is 2.44 bits per heavy atom. The number of carboxylic acid groups (broad SMARTS) is 1. The third-order valence-electron chi connectivity index (χ3n) is 2.72.